The molecule has 0 radical (unpaired) electrons. The topological polar surface area (TPSA) is 75.2 Å². The molecule has 2 heterocycles. The predicted octanol–water partition coefficient (Wildman–Crippen LogP) is 5.62. The summed E-state index contributed by atoms with van der Waals surface area (Å²) >= 11 is 0. The highest BCUT2D eigenvalue weighted by molar-refractivity contribution is 7.92. The molecule has 0 atom stereocenters. The van der Waals surface area contributed by atoms with Crippen molar-refractivity contribution in [2.75, 3.05) is 22.7 Å². The maximum Gasteiger partial charge on any atom is 0.261 e. The molecule has 1 N–H and O–H groups in total. The van der Waals surface area contributed by atoms with Crippen molar-refractivity contribution in [1.82, 2.24) is 10.2 Å². The molecule has 0 bridgehead atoms. The number of aromatic nitrogens is 2. The van der Waals surface area contributed by atoms with Gasteiger partial charge in [-0.2, -0.15) is 0 Å². The third-order valence-corrected chi connectivity index (χ3v) is 7.42. The predicted molar refractivity (Wildman–Crippen MR) is 134 cm³/mol. The van der Waals surface area contributed by atoms with Gasteiger partial charge in [0.25, 0.3) is 10.0 Å². The van der Waals surface area contributed by atoms with Gasteiger partial charge in [-0.25, -0.2) is 8.42 Å². The highest BCUT2D eigenvalue weighted by Crippen LogP contribution is 2.26. The zero-order valence-electron chi connectivity index (χ0n) is 19.6. The Kier molecular flexibility index (Phi) is 6.70. The minimum Gasteiger partial charge on any atom is -0.355 e. The lowest BCUT2D eigenvalue weighted by Gasteiger charge is -2.20. The average Bonchev–Trinajstić information content (AvgIpc) is 3.08. The van der Waals surface area contributed by atoms with E-state index >= 15 is 0 Å². The van der Waals surface area contributed by atoms with Gasteiger partial charge in [0, 0.05) is 24.3 Å². The molecule has 0 aliphatic carbocycles. The number of anilines is 2. The number of rotatable bonds is 5. The van der Waals surface area contributed by atoms with Crippen LogP contribution in [0.1, 0.15) is 52.0 Å². The maximum atomic E-state index is 12.9. The first-order valence-electron chi connectivity index (χ1n) is 11.5. The van der Waals surface area contributed by atoms with Crippen LogP contribution in [0.5, 0.6) is 0 Å². The van der Waals surface area contributed by atoms with Gasteiger partial charge in [-0.1, -0.05) is 57.9 Å². The molecule has 1 aliphatic rings. The molecule has 0 saturated carbocycles. The standard InChI is InChI=1S/C26H32N4O2S/c1-26(2,3)21-11-13-23(14-12-21)33(31,32)29-22-10-8-9-20(19-22)24-15-16-25(28-27-24)30-17-6-4-5-7-18-30/h8-16,19,29H,4-7,17-18H2,1-3H3. The van der Waals surface area contributed by atoms with Crippen LogP contribution < -0.4 is 9.62 Å². The summed E-state index contributed by atoms with van der Waals surface area (Å²) in [6.07, 6.45) is 4.91. The normalized spacial score (nSPS) is 15.2. The summed E-state index contributed by atoms with van der Waals surface area (Å²) in [6.45, 7) is 8.33. The van der Waals surface area contributed by atoms with Crippen molar-refractivity contribution in [3.63, 3.8) is 0 Å². The van der Waals surface area contributed by atoms with Crippen molar-refractivity contribution < 1.29 is 8.42 Å². The van der Waals surface area contributed by atoms with E-state index < -0.39 is 10.0 Å². The van der Waals surface area contributed by atoms with E-state index in [0.717, 1.165) is 30.0 Å². The number of hydrogen-bond acceptors (Lipinski definition) is 5. The molecule has 2 aromatic carbocycles. The van der Waals surface area contributed by atoms with Gasteiger partial charge in [0.05, 0.1) is 10.6 Å². The van der Waals surface area contributed by atoms with Gasteiger partial charge in [-0.15, -0.1) is 10.2 Å². The Morgan fingerprint density at radius 1 is 0.848 bits per heavy atom. The maximum absolute atomic E-state index is 12.9. The Bertz CT molecular complexity index is 1180. The Labute approximate surface area is 197 Å². The zero-order chi connectivity index (χ0) is 23.5. The fourth-order valence-electron chi connectivity index (χ4n) is 4.04. The molecule has 0 amide bonds. The monoisotopic (exact) mass is 464 g/mol. The molecule has 1 aromatic heterocycles. The van der Waals surface area contributed by atoms with Crippen LogP contribution in [-0.2, 0) is 15.4 Å². The lowest BCUT2D eigenvalue weighted by Crippen LogP contribution is -2.25. The van der Waals surface area contributed by atoms with E-state index in [2.05, 4.69) is 40.6 Å². The molecule has 1 fully saturated rings. The minimum atomic E-state index is -3.69. The van der Waals surface area contributed by atoms with Crippen LogP contribution in [0.25, 0.3) is 11.3 Å². The number of benzene rings is 2. The summed E-state index contributed by atoms with van der Waals surface area (Å²) in [7, 11) is -3.69. The SMILES string of the molecule is CC(C)(C)c1ccc(S(=O)(=O)Nc2cccc(-c3ccc(N4CCCCCC4)nn3)c2)cc1. The molecule has 33 heavy (non-hydrogen) atoms. The van der Waals surface area contributed by atoms with E-state index in [-0.39, 0.29) is 10.3 Å². The summed E-state index contributed by atoms with van der Waals surface area (Å²) in [6, 6.07) is 18.2. The Morgan fingerprint density at radius 2 is 1.55 bits per heavy atom. The van der Waals surface area contributed by atoms with Crippen LogP contribution in [0.4, 0.5) is 11.5 Å². The van der Waals surface area contributed by atoms with E-state index in [1.807, 2.05) is 36.4 Å². The van der Waals surface area contributed by atoms with Gasteiger partial charge in [-0.05, 0) is 60.2 Å². The van der Waals surface area contributed by atoms with Crippen molar-refractivity contribution in [3.05, 3.63) is 66.2 Å². The first kappa shape index (κ1) is 23.2. The van der Waals surface area contributed by atoms with Gasteiger partial charge in [0.2, 0.25) is 0 Å². The molecular formula is C26H32N4O2S. The molecule has 1 aliphatic heterocycles. The van der Waals surface area contributed by atoms with Gasteiger partial charge in [0.1, 0.15) is 0 Å². The highest BCUT2D eigenvalue weighted by atomic mass is 32.2. The quantitative estimate of drug-likeness (QED) is 0.530. The van der Waals surface area contributed by atoms with E-state index in [0.29, 0.717) is 11.4 Å². The van der Waals surface area contributed by atoms with Gasteiger partial charge >= 0.3 is 0 Å². The first-order chi connectivity index (χ1) is 15.7. The van der Waals surface area contributed by atoms with E-state index in [1.165, 1.54) is 25.7 Å². The molecule has 7 heteroatoms. The molecule has 0 spiro atoms. The van der Waals surface area contributed by atoms with E-state index in [9.17, 15) is 8.42 Å². The van der Waals surface area contributed by atoms with Crippen LogP contribution >= 0.6 is 0 Å². The summed E-state index contributed by atoms with van der Waals surface area (Å²) in [5.74, 6) is 0.899. The Morgan fingerprint density at radius 3 is 2.15 bits per heavy atom. The van der Waals surface area contributed by atoms with Crippen molar-refractivity contribution in [2.24, 2.45) is 0 Å². The van der Waals surface area contributed by atoms with E-state index in [4.69, 9.17) is 0 Å². The van der Waals surface area contributed by atoms with Crippen LogP contribution in [-0.4, -0.2) is 31.7 Å². The highest BCUT2D eigenvalue weighted by Gasteiger charge is 2.18. The summed E-state index contributed by atoms with van der Waals surface area (Å²) in [5, 5.41) is 8.85. The van der Waals surface area contributed by atoms with Crippen molar-refractivity contribution in [1.29, 1.82) is 0 Å². The minimum absolute atomic E-state index is 0.0339. The number of sulfonamides is 1. The van der Waals surface area contributed by atoms with Crippen LogP contribution in [0.3, 0.4) is 0 Å². The third-order valence-electron chi connectivity index (χ3n) is 6.02. The van der Waals surface area contributed by atoms with Gasteiger partial charge in [0.15, 0.2) is 5.82 Å². The van der Waals surface area contributed by atoms with Gasteiger partial charge < -0.3 is 4.90 Å². The Balaban J connectivity index is 1.50. The fraction of sp³-hybridized carbons (Fsp3) is 0.385. The molecule has 3 aromatic rings. The second kappa shape index (κ2) is 9.51. The second-order valence-corrected chi connectivity index (χ2v) is 11.3. The zero-order valence-corrected chi connectivity index (χ0v) is 20.4. The molecular weight excluding hydrogens is 432 g/mol. The second-order valence-electron chi connectivity index (χ2n) is 9.64. The largest absolute Gasteiger partial charge is 0.355 e. The van der Waals surface area contributed by atoms with Crippen LogP contribution in [0, 0.1) is 0 Å². The lowest BCUT2D eigenvalue weighted by molar-refractivity contribution is 0.587. The van der Waals surface area contributed by atoms with Crippen molar-refractivity contribution in [2.45, 2.75) is 56.8 Å². The number of nitrogens with one attached hydrogen (secondary N) is 1. The molecule has 6 nitrogen and oxygen atoms in total. The number of nitrogens with zero attached hydrogens (tertiary/aromatic N) is 3. The lowest BCUT2D eigenvalue weighted by atomic mass is 9.87. The fourth-order valence-corrected chi connectivity index (χ4v) is 5.09. The third kappa shape index (κ3) is 5.71. The smallest absolute Gasteiger partial charge is 0.261 e. The molecule has 1 saturated heterocycles. The average molecular weight is 465 g/mol. The molecule has 174 valence electrons. The molecule has 0 unspecified atom stereocenters. The summed E-state index contributed by atoms with van der Waals surface area (Å²) in [4.78, 5) is 2.53. The first-order valence-corrected chi connectivity index (χ1v) is 13.0. The van der Waals surface area contributed by atoms with Crippen LogP contribution in [0.2, 0.25) is 0 Å². The Hall–Kier alpha value is -2.93. The van der Waals surface area contributed by atoms with Crippen molar-refractivity contribution in [3.8, 4) is 11.3 Å². The van der Waals surface area contributed by atoms with Gasteiger partial charge in [-0.3, -0.25) is 4.72 Å². The van der Waals surface area contributed by atoms with E-state index in [1.54, 1.807) is 24.3 Å². The van der Waals surface area contributed by atoms with Crippen LogP contribution in [0.15, 0.2) is 65.6 Å². The summed E-state index contributed by atoms with van der Waals surface area (Å²) in [5.41, 5.74) is 3.07. The van der Waals surface area contributed by atoms with Crippen molar-refractivity contribution >= 4 is 21.5 Å². The summed E-state index contributed by atoms with van der Waals surface area (Å²) < 4.78 is 28.5. The molecule has 4 rings (SSSR count). The number of hydrogen-bond donors (Lipinski definition) is 1.